The first kappa shape index (κ1) is 22.0. The topological polar surface area (TPSA) is 75.7 Å². The van der Waals surface area contributed by atoms with Gasteiger partial charge in [0.25, 0.3) is 0 Å². The number of nitrogens with zero attached hydrogens (tertiary/aromatic N) is 1. The van der Waals surface area contributed by atoms with E-state index in [1.54, 1.807) is 31.2 Å². The summed E-state index contributed by atoms with van der Waals surface area (Å²) in [6, 6.07) is 9.18. The fourth-order valence-electron chi connectivity index (χ4n) is 2.72. The lowest BCUT2D eigenvalue weighted by molar-refractivity contribution is -0.117. The molecule has 0 unspecified atom stereocenters. The summed E-state index contributed by atoms with van der Waals surface area (Å²) in [4.78, 5) is 12.8. The molecule has 0 aromatic heterocycles. The minimum atomic E-state index is -3.76. The molecule has 2 rings (SSSR count). The number of hydrogen-bond donors (Lipinski definition) is 1. The molecular weight excluding hydrogens is 407 g/mol. The average molecular weight is 429 g/mol. The van der Waals surface area contributed by atoms with Crippen LogP contribution in [-0.4, -0.2) is 33.2 Å². The van der Waals surface area contributed by atoms with E-state index in [1.807, 2.05) is 6.92 Å². The van der Waals surface area contributed by atoms with Crippen molar-refractivity contribution in [3.05, 3.63) is 53.3 Å². The van der Waals surface area contributed by atoms with Gasteiger partial charge in [-0.2, -0.15) is 0 Å². The van der Waals surface area contributed by atoms with Crippen molar-refractivity contribution < 1.29 is 22.3 Å². The Hall–Kier alpha value is -2.32. The first-order valence-corrected chi connectivity index (χ1v) is 10.9. The molecule has 152 valence electrons. The number of hydrogen-bond acceptors (Lipinski definition) is 4. The van der Waals surface area contributed by atoms with Gasteiger partial charge >= 0.3 is 0 Å². The molecule has 1 N–H and O–H groups in total. The summed E-state index contributed by atoms with van der Waals surface area (Å²) >= 11 is 5.74. The van der Waals surface area contributed by atoms with E-state index in [-0.39, 0.29) is 17.1 Å². The zero-order chi connectivity index (χ0) is 20.9. The van der Waals surface area contributed by atoms with Crippen LogP contribution >= 0.6 is 11.6 Å². The third-order valence-corrected chi connectivity index (χ3v) is 5.39. The molecule has 0 radical (unpaired) electrons. The molecular formula is C19H22ClFN2O4S. The number of ether oxygens (including phenoxy) is 1. The number of rotatable bonds is 8. The van der Waals surface area contributed by atoms with Crippen molar-refractivity contribution in [1.82, 2.24) is 0 Å². The zero-order valence-corrected chi connectivity index (χ0v) is 17.3. The molecule has 2 aromatic rings. The molecule has 0 fully saturated rings. The minimum absolute atomic E-state index is 0.141. The Morgan fingerprint density at radius 1 is 1.21 bits per heavy atom. The van der Waals surface area contributed by atoms with Crippen LogP contribution in [0.25, 0.3) is 0 Å². The highest BCUT2D eigenvalue weighted by Crippen LogP contribution is 2.26. The highest BCUT2D eigenvalue weighted by atomic mass is 35.5. The SMILES string of the molecule is CCOc1ccc(N([C@H](CC)C(=O)Nc2ccc(F)c(Cl)c2)S(C)(=O)=O)cc1. The highest BCUT2D eigenvalue weighted by molar-refractivity contribution is 7.92. The Labute approximate surface area is 169 Å². The first-order valence-electron chi connectivity index (χ1n) is 8.65. The Morgan fingerprint density at radius 3 is 2.36 bits per heavy atom. The number of carbonyl (C=O) groups excluding carboxylic acids is 1. The van der Waals surface area contributed by atoms with Crippen LogP contribution in [0, 0.1) is 5.82 Å². The van der Waals surface area contributed by atoms with Gasteiger partial charge in [-0.1, -0.05) is 18.5 Å². The number of sulfonamides is 1. The maximum atomic E-state index is 13.3. The largest absolute Gasteiger partial charge is 0.494 e. The second-order valence-electron chi connectivity index (χ2n) is 6.03. The summed E-state index contributed by atoms with van der Waals surface area (Å²) in [6.07, 6.45) is 1.26. The maximum Gasteiger partial charge on any atom is 0.248 e. The number of anilines is 2. The Morgan fingerprint density at radius 2 is 1.86 bits per heavy atom. The van der Waals surface area contributed by atoms with Gasteiger partial charge in [-0.3, -0.25) is 9.10 Å². The van der Waals surface area contributed by atoms with Crippen molar-refractivity contribution in [2.75, 3.05) is 22.5 Å². The van der Waals surface area contributed by atoms with Crippen LogP contribution in [0.3, 0.4) is 0 Å². The average Bonchev–Trinajstić information content (AvgIpc) is 2.62. The Balaban J connectivity index is 2.34. The van der Waals surface area contributed by atoms with E-state index in [0.717, 1.165) is 16.6 Å². The van der Waals surface area contributed by atoms with E-state index in [2.05, 4.69) is 5.32 Å². The summed E-state index contributed by atoms with van der Waals surface area (Å²) in [6.45, 7) is 4.03. The van der Waals surface area contributed by atoms with Crippen LogP contribution in [0.15, 0.2) is 42.5 Å². The van der Waals surface area contributed by atoms with Crippen LogP contribution < -0.4 is 14.4 Å². The molecule has 9 heteroatoms. The lowest BCUT2D eigenvalue weighted by atomic mass is 10.1. The predicted octanol–water partition coefficient (Wildman–Crippen LogP) is 4.06. The molecule has 0 bridgehead atoms. The standard InChI is InChI=1S/C19H22ClFN2O4S/c1-4-18(19(24)22-13-6-11-17(21)16(20)12-13)23(28(3,25)26)14-7-9-15(10-8-14)27-5-2/h6-12,18H,4-5H2,1-3H3,(H,22,24)/t18-/m1/s1. The third kappa shape index (κ3) is 5.36. The summed E-state index contributed by atoms with van der Waals surface area (Å²) < 4.78 is 44.6. The van der Waals surface area contributed by atoms with Gasteiger partial charge in [-0.15, -0.1) is 0 Å². The second kappa shape index (κ2) is 9.25. The number of benzene rings is 2. The van der Waals surface area contributed by atoms with E-state index in [4.69, 9.17) is 16.3 Å². The smallest absolute Gasteiger partial charge is 0.248 e. The van der Waals surface area contributed by atoms with Crippen molar-refractivity contribution in [2.45, 2.75) is 26.3 Å². The van der Waals surface area contributed by atoms with E-state index in [1.165, 1.54) is 12.1 Å². The number of amides is 1. The van der Waals surface area contributed by atoms with Gasteiger partial charge in [-0.05, 0) is 55.8 Å². The summed E-state index contributed by atoms with van der Waals surface area (Å²) in [5.41, 5.74) is 0.611. The van der Waals surface area contributed by atoms with E-state index in [9.17, 15) is 17.6 Å². The van der Waals surface area contributed by atoms with E-state index in [0.29, 0.717) is 18.0 Å². The molecule has 0 saturated carbocycles. The van der Waals surface area contributed by atoms with Crippen molar-refractivity contribution in [3.8, 4) is 5.75 Å². The molecule has 0 saturated heterocycles. The maximum absolute atomic E-state index is 13.3. The van der Waals surface area contributed by atoms with Crippen molar-refractivity contribution in [3.63, 3.8) is 0 Å². The van der Waals surface area contributed by atoms with Crippen molar-refractivity contribution in [2.24, 2.45) is 0 Å². The molecule has 0 aliphatic carbocycles. The molecule has 1 amide bonds. The summed E-state index contributed by atoms with van der Waals surface area (Å²) in [7, 11) is -3.76. The Kier molecular flexibility index (Phi) is 7.26. The van der Waals surface area contributed by atoms with E-state index >= 15 is 0 Å². The van der Waals surface area contributed by atoms with Gasteiger partial charge in [0.05, 0.1) is 23.6 Å². The number of nitrogens with one attached hydrogen (secondary N) is 1. The van der Waals surface area contributed by atoms with Crippen LogP contribution in [0.2, 0.25) is 5.02 Å². The molecule has 0 heterocycles. The summed E-state index contributed by atoms with van der Waals surface area (Å²) in [5, 5.41) is 2.45. The molecule has 0 aliphatic heterocycles. The second-order valence-corrected chi connectivity index (χ2v) is 8.29. The van der Waals surface area contributed by atoms with E-state index < -0.39 is 27.8 Å². The van der Waals surface area contributed by atoms with Crippen molar-refractivity contribution in [1.29, 1.82) is 0 Å². The predicted molar refractivity (Wildman–Crippen MR) is 109 cm³/mol. The van der Waals surface area contributed by atoms with Crippen LogP contribution in [0.5, 0.6) is 5.75 Å². The quantitative estimate of drug-likeness (QED) is 0.687. The molecule has 0 spiro atoms. The van der Waals surface area contributed by atoms with Gasteiger partial charge in [0.2, 0.25) is 15.9 Å². The number of carbonyl (C=O) groups is 1. The summed E-state index contributed by atoms with van der Waals surface area (Å²) in [5.74, 6) is -0.568. The normalized spacial score (nSPS) is 12.3. The Bertz CT molecular complexity index is 935. The van der Waals surface area contributed by atoms with Gasteiger partial charge in [0.15, 0.2) is 0 Å². The van der Waals surface area contributed by atoms with Crippen LogP contribution in [-0.2, 0) is 14.8 Å². The van der Waals surface area contributed by atoms with Gasteiger partial charge in [0, 0.05) is 5.69 Å². The fourth-order valence-corrected chi connectivity index (χ4v) is 4.11. The lowest BCUT2D eigenvalue weighted by Gasteiger charge is -2.30. The third-order valence-electron chi connectivity index (χ3n) is 3.92. The molecule has 6 nitrogen and oxygen atoms in total. The number of halogens is 2. The zero-order valence-electron chi connectivity index (χ0n) is 15.8. The monoisotopic (exact) mass is 428 g/mol. The van der Waals surface area contributed by atoms with Crippen LogP contribution in [0.4, 0.5) is 15.8 Å². The fraction of sp³-hybridized carbons (Fsp3) is 0.316. The van der Waals surface area contributed by atoms with Gasteiger partial charge < -0.3 is 10.1 Å². The highest BCUT2D eigenvalue weighted by Gasteiger charge is 2.31. The molecule has 28 heavy (non-hydrogen) atoms. The first-order chi connectivity index (χ1) is 13.2. The van der Waals surface area contributed by atoms with Crippen molar-refractivity contribution >= 4 is 38.9 Å². The van der Waals surface area contributed by atoms with Gasteiger partial charge in [-0.25, -0.2) is 12.8 Å². The van der Waals surface area contributed by atoms with Gasteiger partial charge in [0.1, 0.15) is 17.6 Å². The molecule has 2 aromatic carbocycles. The molecule has 1 atom stereocenters. The lowest BCUT2D eigenvalue weighted by Crippen LogP contribution is -2.47. The minimum Gasteiger partial charge on any atom is -0.494 e. The van der Waals surface area contributed by atoms with Crippen LogP contribution in [0.1, 0.15) is 20.3 Å². The molecule has 0 aliphatic rings.